The first-order valence-electron chi connectivity index (χ1n) is 12.5. The molecule has 208 valence electrons. The van der Waals surface area contributed by atoms with E-state index in [1.807, 2.05) is 0 Å². The number of benzene rings is 2. The van der Waals surface area contributed by atoms with Crippen molar-refractivity contribution in [3.8, 4) is 17.2 Å². The third-order valence-electron chi connectivity index (χ3n) is 6.60. The van der Waals surface area contributed by atoms with Gasteiger partial charge >= 0.3 is 0 Å². The number of nitrogens with zero attached hydrogens (tertiary/aromatic N) is 2. The number of piperidine rings is 1. The van der Waals surface area contributed by atoms with E-state index in [4.69, 9.17) is 25.8 Å². The lowest BCUT2D eigenvalue weighted by Gasteiger charge is -2.39. The van der Waals surface area contributed by atoms with Crippen LogP contribution in [0.5, 0.6) is 17.2 Å². The lowest BCUT2D eigenvalue weighted by atomic mass is 10.00. The molecular weight excluding hydrogens is 543 g/mol. The molecule has 1 aromatic heterocycles. The van der Waals surface area contributed by atoms with Crippen LogP contribution in [0, 0.1) is 5.82 Å². The number of methoxy groups -OCH3 is 1. The first-order valence-corrected chi connectivity index (χ1v) is 12.9. The number of likely N-dealkylation sites (tertiary alicyclic amines) is 1. The number of rotatable bonds is 2. The largest absolute Gasteiger partial charge is 0.493 e. The molecule has 3 aromatic rings. The minimum Gasteiger partial charge on any atom is -0.493 e. The maximum absolute atomic E-state index is 14.5. The average molecular weight is 569 g/mol. The summed E-state index contributed by atoms with van der Waals surface area (Å²) < 4.78 is 31.6. The van der Waals surface area contributed by atoms with Crippen LogP contribution >= 0.6 is 11.6 Å². The summed E-state index contributed by atoms with van der Waals surface area (Å²) in [6, 6.07) is 9.63. The molecular formula is C28H26ClFN4O6. The molecule has 12 heteroatoms. The minimum atomic E-state index is -0.650. The van der Waals surface area contributed by atoms with Crippen LogP contribution in [0.25, 0.3) is 0 Å². The van der Waals surface area contributed by atoms with E-state index in [0.29, 0.717) is 34.9 Å². The molecule has 4 bridgehead atoms. The number of nitrogens with one attached hydrogen (secondary N) is 2. The van der Waals surface area contributed by atoms with Gasteiger partial charge in [0, 0.05) is 50.1 Å². The van der Waals surface area contributed by atoms with Gasteiger partial charge in [-0.1, -0.05) is 11.6 Å². The lowest BCUT2D eigenvalue weighted by molar-refractivity contribution is -0.123. The van der Waals surface area contributed by atoms with Crippen molar-refractivity contribution in [2.75, 3.05) is 26.8 Å². The first-order chi connectivity index (χ1) is 19.3. The van der Waals surface area contributed by atoms with Crippen molar-refractivity contribution in [3.05, 3.63) is 82.4 Å². The van der Waals surface area contributed by atoms with E-state index in [-0.39, 0.29) is 42.7 Å². The van der Waals surface area contributed by atoms with E-state index < -0.39 is 29.8 Å². The standard InChI is InChI=1S/C28H26ClFN4O6/c1-38-24-3-2-17-9-25(24)39-15-26(35)32-11-16-6-20(30)10-21(7-16)40-23-4-5-34(14-22(23)33-27(17)36)28(37)18-8-19(29)13-31-12-18/h2-3,6-10,12-13,22-23H,4-5,11,14-15H2,1H3,(H,32,35)(H,33,36)/t22-,23+/m0/s1. The van der Waals surface area contributed by atoms with Gasteiger partial charge in [-0.25, -0.2) is 4.39 Å². The van der Waals surface area contributed by atoms with Crippen LogP contribution in [0.15, 0.2) is 54.9 Å². The number of fused-ring (bicyclic) bond motifs is 5. The SMILES string of the molecule is COc1ccc2cc1OCC(=O)NCc1cc(F)cc(c1)O[C@@H]1CCN(C(=O)c3cncc(Cl)c3)C[C@@H]1NC2=O. The van der Waals surface area contributed by atoms with Gasteiger partial charge in [0.15, 0.2) is 18.1 Å². The van der Waals surface area contributed by atoms with Gasteiger partial charge in [-0.3, -0.25) is 19.4 Å². The van der Waals surface area contributed by atoms with Crippen molar-refractivity contribution in [2.45, 2.75) is 25.1 Å². The Morgan fingerprint density at radius 2 is 2.02 bits per heavy atom. The van der Waals surface area contributed by atoms with Gasteiger partial charge in [-0.2, -0.15) is 0 Å². The predicted octanol–water partition coefficient (Wildman–Crippen LogP) is 2.98. The van der Waals surface area contributed by atoms with Gasteiger partial charge in [0.25, 0.3) is 17.7 Å². The quantitative estimate of drug-likeness (QED) is 0.488. The van der Waals surface area contributed by atoms with E-state index in [2.05, 4.69) is 15.6 Å². The van der Waals surface area contributed by atoms with Crippen LogP contribution in [-0.2, 0) is 11.3 Å². The highest BCUT2D eigenvalue weighted by Crippen LogP contribution is 2.29. The summed E-state index contributed by atoms with van der Waals surface area (Å²) in [5, 5.41) is 5.97. The van der Waals surface area contributed by atoms with Gasteiger partial charge in [-0.15, -0.1) is 0 Å². The fourth-order valence-electron chi connectivity index (χ4n) is 4.65. The van der Waals surface area contributed by atoms with Gasteiger partial charge in [0.1, 0.15) is 17.7 Å². The monoisotopic (exact) mass is 568 g/mol. The van der Waals surface area contributed by atoms with Crippen molar-refractivity contribution >= 4 is 29.3 Å². The maximum Gasteiger partial charge on any atom is 0.258 e. The average Bonchev–Trinajstić information content (AvgIpc) is 2.94. The fraction of sp³-hybridized carbons (Fsp3) is 0.286. The summed E-state index contributed by atoms with van der Waals surface area (Å²) in [6.45, 7) is 0.148. The normalized spacial score (nSPS) is 19.3. The molecule has 10 nitrogen and oxygen atoms in total. The summed E-state index contributed by atoms with van der Waals surface area (Å²) >= 11 is 6.03. The van der Waals surface area contributed by atoms with E-state index in [0.717, 1.165) is 0 Å². The number of amides is 3. The zero-order valence-electron chi connectivity index (χ0n) is 21.5. The molecule has 0 radical (unpaired) electrons. The smallest absolute Gasteiger partial charge is 0.258 e. The summed E-state index contributed by atoms with van der Waals surface area (Å²) in [5.74, 6) is -0.955. The number of hydrogen-bond donors (Lipinski definition) is 2. The van der Waals surface area contributed by atoms with Crippen molar-refractivity contribution in [1.29, 1.82) is 0 Å². The molecule has 2 aliphatic rings. The molecule has 1 saturated heterocycles. The maximum atomic E-state index is 14.5. The first kappa shape index (κ1) is 27.2. The Morgan fingerprint density at radius 3 is 2.83 bits per heavy atom. The van der Waals surface area contributed by atoms with E-state index >= 15 is 0 Å². The Balaban J connectivity index is 1.47. The number of hydrogen-bond acceptors (Lipinski definition) is 7. The highest BCUT2D eigenvalue weighted by Gasteiger charge is 2.35. The predicted molar refractivity (Wildman–Crippen MR) is 142 cm³/mol. The third kappa shape index (κ3) is 6.26. The number of carbonyl (C=O) groups is 3. The number of ether oxygens (including phenoxy) is 3. The molecule has 0 spiro atoms. The number of aromatic nitrogens is 1. The second-order valence-electron chi connectivity index (χ2n) is 9.39. The molecule has 3 amide bonds. The Hall–Kier alpha value is -4.38. The van der Waals surface area contributed by atoms with Crippen molar-refractivity contribution in [3.63, 3.8) is 0 Å². The van der Waals surface area contributed by atoms with E-state index in [1.165, 1.54) is 43.8 Å². The molecule has 0 aliphatic carbocycles. The van der Waals surface area contributed by atoms with Gasteiger partial charge < -0.3 is 29.7 Å². The van der Waals surface area contributed by atoms with Crippen molar-refractivity contribution in [2.24, 2.45) is 0 Å². The highest BCUT2D eigenvalue weighted by atomic mass is 35.5. The van der Waals surface area contributed by atoms with Gasteiger partial charge in [-0.05, 0) is 42.0 Å². The van der Waals surface area contributed by atoms with Gasteiger partial charge in [0.05, 0.1) is 23.7 Å². The second kappa shape index (κ2) is 11.8. The molecule has 2 aliphatic heterocycles. The zero-order valence-corrected chi connectivity index (χ0v) is 22.2. The van der Waals surface area contributed by atoms with Crippen LogP contribution in [0.4, 0.5) is 4.39 Å². The Morgan fingerprint density at radius 1 is 1.18 bits per heavy atom. The molecule has 1 fully saturated rings. The summed E-state index contributed by atoms with van der Waals surface area (Å²) in [4.78, 5) is 44.6. The van der Waals surface area contributed by atoms with Crippen LogP contribution in [-0.4, -0.2) is 66.6 Å². The van der Waals surface area contributed by atoms with Crippen LogP contribution < -0.4 is 24.8 Å². The molecule has 3 heterocycles. The summed E-state index contributed by atoms with van der Waals surface area (Å²) in [5.41, 5.74) is 1.05. The molecule has 2 N–H and O–H groups in total. The zero-order chi connectivity index (χ0) is 28.2. The minimum absolute atomic E-state index is 0.0499. The topological polar surface area (TPSA) is 119 Å². The van der Waals surface area contributed by atoms with Crippen molar-refractivity contribution < 1.29 is 33.0 Å². The summed E-state index contributed by atoms with van der Waals surface area (Å²) in [7, 11) is 1.44. The van der Waals surface area contributed by atoms with E-state index in [9.17, 15) is 18.8 Å². The summed E-state index contributed by atoms with van der Waals surface area (Å²) in [6.07, 6.45) is 2.63. The Bertz CT molecular complexity index is 1450. The van der Waals surface area contributed by atoms with Crippen LogP contribution in [0.3, 0.4) is 0 Å². The van der Waals surface area contributed by atoms with Crippen LogP contribution in [0.1, 0.15) is 32.7 Å². The fourth-order valence-corrected chi connectivity index (χ4v) is 4.82. The number of carbonyl (C=O) groups excluding carboxylic acids is 3. The third-order valence-corrected chi connectivity index (χ3v) is 6.80. The molecule has 40 heavy (non-hydrogen) atoms. The molecule has 5 rings (SSSR count). The molecule has 2 aromatic carbocycles. The Kier molecular flexibility index (Phi) is 8.01. The van der Waals surface area contributed by atoms with E-state index in [1.54, 1.807) is 23.1 Å². The molecule has 0 saturated carbocycles. The van der Waals surface area contributed by atoms with Crippen molar-refractivity contribution in [1.82, 2.24) is 20.5 Å². The number of halogens is 2. The van der Waals surface area contributed by atoms with Gasteiger partial charge in [0.2, 0.25) is 0 Å². The molecule has 0 unspecified atom stereocenters. The van der Waals surface area contributed by atoms with Crippen LogP contribution in [0.2, 0.25) is 5.02 Å². The lowest BCUT2D eigenvalue weighted by Crippen LogP contribution is -2.58. The Labute approximate surface area is 234 Å². The highest BCUT2D eigenvalue weighted by molar-refractivity contribution is 6.30. The second-order valence-corrected chi connectivity index (χ2v) is 9.83. The molecule has 2 atom stereocenters. The number of pyridine rings is 1.